The van der Waals surface area contributed by atoms with E-state index < -0.39 is 11.7 Å². The molecule has 0 heterocycles. The highest BCUT2D eigenvalue weighted by molar-refractivity contribution is 14.1. The highest BCUT2D eigenvalue weighted by atomic mass is 127. The van der Waals surface area contributed by atoms with Crippen LogP contribution in [0.3, 0.4) is 0 Å². The smallest absolute Gasteiger partial charge is 0.428 e. The van der Waals surface area contributed by atoms with Gasteiger partial charge in [0.15, 0.2) is 11.5 Å². The molecular weight excluding hydrogens is 387 g/mol. The summed E-state index contributed by atoms with van der Waals surface area (Å²) in [5.74, 6) is 0.470. The van der Waals surface area contributed by atoms with Gasteiger partial charge in [0.25, 0.3) is 0 Å². The van der Waals surface area contributed by atoms with Gasteiger partial charge in [0.1, 0.15) is 5.60 Å². The maximum Gasteiger partial charge on any atom is 0.428 e. The Morgan fingerprint density at radius 2 is 2.14 bits per heavy atom. The van der Waals surface area contributed by atoms with Gasteiger partial charge in [0.05, 0.1) is 16.4 Å². The molecule has 0 saturated carbocycles. The second-order valence-electron chi connectivity index (χ2n) is 5.15. The summed E-state index contributed by atoms with van der Waals surface area (Å²) in [6.07, 6.45) is 0.825. The number of rotatable bonds is 4. The molecule has 1 aromatic rings. The minimum atomic E-state index is -0.628. The molecule has 0 radical (unpaired) electrons. The molecule has 1 aromatic carbocycles. The van der Waals surface area contributed by atoms with Crippen molar-refractivity contribution in [2.24, 2.45) is 5.10 Å². The summed E-state index contributed by atoms with van der Waals surface area (Å²) >= 11 is 1.99. The van der Waals surface area contributed by atoms with E-state index in [-0.39, 0.29) is 5.75 Å². The van der Waals surface area contributed by atoms with Gasteiger partial charge < -0.3 is 14.6 Å². The lowest BCUT2D eigenvalue weighted by molar-refractivity contribution is 0.0529. The van der Waals surface area contributed by atoms with Gasteiger partial charge in [-0.05, 0) is 68.0 Å². The van der Waals surface area contributed by atoms with Crippen LogP contribution in [0.1, 0.15) is 33.3 Å². The van der Waals surface area contributed by atoms with Crippen molar-refractivity contribution in [1.29, 1.82) is 0 Å². The van der Waals surface area contributed by atoms with Crippen molar-refractivity contribution in [3.8, 4) is 11.5 Å². The summed E-state index contributed by atoms with van der Waals surface area (Å²) in [6.45, 7) is 7.59. The zero-order valence-corrected chi connectivity index (χ0v) is 14.6. The monoisotopic (exact) mass is 406 g/mol. The lowest BCUT2D eigenvalue weighted by Gasteiger charge is -2.18. The summed E-state index contributed by atoms with van der Waals surface area (Å²) in [5.41, 5.74) is 2.39. The Morgan fingerprint density at radius 3 is 2.71 bits per heavy atom. The molecule has 0 aliphatic carbocycles. The van der Waals surface area contributed by atoms with Crippen LogP contribution in [0.2, 0.25) is 0 Å². The fourth-order valence-electron chi connectivity index (χ4n) is 1.39. The van der Waals surface area contributed by atoms with Crippen LogP contribution < -0.4 is 10.2 Å². The number of hydrogen-bond donors (Lipinski definition) is 2. The highest BCUT2D eigenvalue weighted by Gasteiger charge is 2.15. The Hall–Kier alpha value is -1.51. The molecule has 7 heteroatoms. The van der Waals surface area contributed by atoms with Crippen LogP contribution in [0.4, 0.5) is 4.79 Å². The summed E-state index contributed by atoms with van der Waals surface area (Å²) in [4.78, 5) is 11.4. The molecule has 0 atom stereocenters. The van der Waals surface area contributed by atoms with Crippen molar-refractivity contribution in [2.45, 2.75) is 33.3 Å². The molecule has 21 heavy (non-hydrogen) atoms. The third-order valence-corrected chi connectivity index (χ3v) is 2.94. The molecule has 2 N–H and O–H groups in total. The fraction of sp³-hybridized carbons (Fsp3) is 0.429. The Labute approximate surface area is 137 Å². The van der Waals surface area contributed by atoms with E-state index in [4.69, 9.17) is 9.47 Å². The van der Waals surface area contributed by atoms with Crippen LogP contribution in [0.5, 0.6) is 11.5 Å². The highest BCUT2D eigenvalue weighted by Crippen LogP contribution is 2.32. The normalized spacial score (nSPS) is 11.5. The van der Waals surface area contributed by atoms with Crippen molar-refractivity contribution in [1.82, 2.24) is 5.43 Å². The van der Waals surface area contributed by atoms with Crippen LogP contribution in [0, 0.1) is 3.57 Å². The quantitative estimate of drug-likeness (QED) is 0.457. The van der Waals surface area contributed by atoms with Gasteiger partial charge in [-0.2, -0.15) is 5.10 Å². The molecular formula is C14H19IN2O4. The topological polar surface area (TPSA) is 80.2 Å². The van der Waals surface area contributed by atoms with Crippen molar-refractivity contribution >= 4 is 34.9 Å². The second-order valence-corrected chi connectivity index (χ2v) is 6.32. The number of ether oxygens (including phenoxy) is 2. The molecule has 0 saturated heterocycles. The third kappa shape index (κ3) is 6.19. The number of halogens is 1. The van der Waals surface area contributed by atoms with Crippen molar-refractivity contribution in [3.63, 3.8) is 0 Å². The van der Waals surface area contributed by atoms with E-state index in [0.717, 1.165) is 0 Å². The van der Waals surface area contributed by atoms with Crippen molar-refractivity contribution in [2.75, 3.05) is 6.61 Å². The lowest BCUT2D eigenvalue weighted by Crippen LogP contribution is -2.29. The number of benzene rings is 1. The second kappa shape index (κ2) is 7.48. The van der Waals surface area contributed by atoms with Gasteiger partial charge in [-0.25, -0.2) is 10.2 Å². The van der Waals surface area contributed by atoms with E-state index in [1.807, 2.05) is 29.5 Å². The first kappa shape index (κ1) is 17.5. The van der Waals surface area contributed by atoms with Crippen LogP contribution in [0.25, 0.3) is 0 Å². The number of nitrogens with zero attached hydrogens (tertiary/aromatic N) is 1. The fourth-order valence-corrected chi connectivity index (χ4v) is 2.02. The first-order valence-electron chi connectivity index (χ1n) is 6.40. The Balaban J connectivity index is 2.74. The van der Waals surface area contributed by atoms with E-state index in [2.05, 4.69) is 10.5 Å². The molecule has 0 spiro atoms. The molecule has 6 nitrogen and oxygen atoms in total. The molecule has 0 aliphatic rings. The molecule has 0 aliphatic heterocycles. The number of amides is 1. The third-order valence-electron chi connectivity index (χ3n) is 2.12. The number of hydrogen-bond acceptors (Lipinski definition) is 5. The number of hydrazone groups is 1. The Kier molecular flexibility index (Phi) is 6.25. The lowest BCUT2D eigenvalue weighted by atomic mass is 10.2. The van der Waals surface area contributed by atoms with E-state index in [9.17, 15) is 9.90 Å². The predicted octanol–water partition coefficient (Wildman–Crippen LogP) is 3.25. The van der Waals surface area contributed by atoms with Gasteiger partial charge in [-0.1, -0.05) is 0 Å². The SMILES string of the molecule is CCOc1cc(C=NNC(=O)OC(C)(C)C)cc(I)c1O. The summed E-state index contributed by atoms with van der Waals surface area (Å²) in [7, 11) is 0. The Morgan fingerprint density at radius 1 is 1.48 bits per heavy atom. The van der Waals surface area contributed by atoms with E-state index >= 15 is 0 Å². The van der Waals surface area contributed by atoms with E-state index in [0.29, 0.717) is 21.5 Å². The molecule has 0 unspecified atom stereocenters. The zero-order valence-electron chi connectivity index (χ0n) is 12.4. The van der Waals surface area contributed by atoms with Gasteiger partial charge in [-0.15, -0.1) is 0 Å². The van der Waals surface area contributed by atoms with Gasteiger partial charge in [-0.3, -0.25) is 0 Å². The summed E-state index contributed by atoms with van der Waals surface area (Å²) in [5, 5.41) is 13.6. The summed E-state index contributed by atoms with van der Waals surface area (Å²) in [6, 6.07) is 3.36. The van der Waals surface area contributed by atoms with Crippen LogP contribution in [0.15, 0.2) is 17.2 Å². The first-order valence-corrected chi connectivity index (χ1v) is 7.48. The Bertz CT molecular complexity index is 539. The first-order chi connectivity index (χ1) is 9.73. The van der Waals surface area contributed by atoms with Gasteiger partial charge >= 0.3 is 6.09 Å². The van der Waals surface area contributed by atoms with Crippen LogP contribution >= 0.6 is 22.6 Å². The maximum absolute atomic E-state index is 11.4. The number of phenolic OH excluding ortho intramolecular Hbond substituents is 1. The van der Waals surface area contributed by atoms with Crippen molar-refractivity contribution < 1.29 is 19.4 Å². The average Bonchev–Trinajstić information content (AvgIpc) is 2.33. The molecule has 1 amide bonds. The molecule has 116 valence electrons. The molecule has 0 aromatic heterocycles. The van der Waals surface area contributed by atoms with E-state index in [1.54, 1.807) is 32.9 Å². The molecule has 0 bridgehead atoms. The number of aromatic hydroxyl groups is 1. The number of nitrogens with one attached hydrogen (secondary N) is 1. The molecule has 0 fully saturated rings. The summed E-state index contributed by atoms with van der Waals surface area (Å²) < 4.78 is 11.0. The number of phenols is 1. The van der Waals surface area contributed by atoms with E-state index in [1.165, 1.54) is 6.21 Å². The maximum atomic E-state index is 11.4. The molecule has 1 rings (SSSR count). The van der Waals surface area contributed by atoms with Crippen molar-refractivity contribution in [3.05, 3.63) is 21.3 Å². The minimum Gasteiger partial charge on any atom is -0.504 e. The van der Waals surface area contributed by atoms with Crippen LogP contribution in [-0.4, -0.2) is 29.6 Å². The standard InChI is InChI=1S/C14H19IN2O4/c1-5-20-11-7-9(6-10(15)12(11)18)8-16-17-13(19)21-14(2,3)4/h6-8,18H,5H2,1-4H3,(H,17,19). The van der Waals surface area contributed by atoms with Crippen LogP contribution in [-0.2, 0) is 4.74 Å². The number of carbonyl (C=O) groups excluding carboxylic acids is 1. The van der Waals surface area contributed by atoms with Gasteiger partial charge in [0.2, 0.25) is 0 Å². The zero-order chi connectivity index (χ0) is 16.0. The number of carbonyl (C=O) groups is 1. The minimum absolute atomic E-state index is 0.0923. The largest absolute Gasteiger partial charge is 0.504 e. The van der Waals surface area contributed by atoms with Gasteiger partial charge in [0, 0.05) is 0 Å². The predicted molar refractivity (Wildman–Crippen MR) is 89.0 cm³/mol. The average molecular weight is 406 g/mol.